The molecule has 13 heavy (non-hydrogen) atoms. The highest BCUT2D eigenvalue weighted by Gasteiger charge is 2.05. The molecule has 0 radical (unpaired) electrons. The summed E-state index contributed by atoms with van der Waals surface area (Å²) in [5.41, 5.74) is 5.62. The van der Waals surface area contributed by atoms with E-state index in [9.17, 15) is 4.79 Å². The Kier molecular flexibility index (Phi) is 7.63. The van der Waals surface area contributed by atoms with Crippen molar-refractivity contribution in [2.24, 2.45) is 5.73 Å². The van der Waals surface area contributed by atoms with Crippen molar-refractivity contribution >= 4 is 5.91 Å². The lowest BCUT2D eigenvalue weighted by atomic mass is 10.1. The molecule has 0 fully saturated rings. The lowest BCUT2D eigenvalue weighted by Gasteiger charge is -2.08. The van der Waals surface area contributed by atoms with Crippen molar-refractivity contribution in [1.29, 1.82) is 0 Å². The first-order chi connectivity index (χ1) is 6.20. The molecular formula is C9H20N2O2. The summed E-state index contributed by atoms with van der Waals surface area (Å²) < 4.78 is 4.85. The standard InChI is InChI=1S/C9H20N2O2/c1-3-8(10)7-9(12)11-5-4-6-13-2/h8H,3-7,10H2,1-2H3,(H,11,12). The molecule has 4 nitrogen and oxygen atoms in total. The second kappa shape index (κ2) is 8.01. The Balaban J connectivity index is 3.30. The molecule has 3 N–H and O–H groups in total. The fourth-order valence-corrected chi connectivity index (χ4v) is 0.899. The lowest BCUT2D eigenvalue weighted by molar-refractivity contribution is -0.121. The van der Waals surface area contributed by atoms with Crippen LogP contribution in [-0.2, 0) is 9.53 Å². The van der Waals surface area contributed by atoms with Crippen LogP contribution in [0.5, 0.6) is 0 Å². The van der Waals surface area contributed by atoms with Gasteiger partial charge in [-0.25, -0.2) is 0 Å². The van der Waals surface area contributed by atoms with Crippen molar-refractivity contribution in [2.45, 2.75) is 32.2 Å². The molecule has 0 heterocycles. The number of ether oxygens (including phenoxy) is 1. The van der Waals surface area contributed by atoms with Crippen LogP contribution in [-0.4, -0.2) is 32.2 Å². The van der Waals surface area contributed by atoms with Crippen LogP contribution >= 0.6 is 0 Å². The van der Waals surface area contributed by atoms with Crippen LogP contribution in [0, 0.1) is 0 Å². The van der Waals surface area contributed by atoms with Crippen molar-refractivity contribution in [3.05, 3.63) is 0 Å². The number of nitrogens with one attached hydrogen (secondary N) is 1. The normalized spacial score (nSPS) is 12.5. The number of carbonyl (C=O) groups excluding carboxylic acids is 1. The molecule has 0 aromatic rings. The van der Waals surface area contributed by atoms with Gasteiger partial charge in [-0.15, -0.1) is 0 Å². The van der Waals surface area contributed by atoms with E-state index in [-0.39, 0.29) is 11.9 Å². The van der Waals surface area contributed by atoms with Crippen LogP contribution in [0.1, 0.15) is 26.2 Å². The Labute approximate surface area is 79.8 Å². The van der Waals surface area contributed by atoms with Gasteiger partial charge in [-0.2, -0.15) is 0 Å². The van der Waals surface area contributed by atoms with Gasteiger partial charge in [0.2, 0.25) is 5.91 Å². The third kappa shape index (κ3) is 7.74. The maximum absolute atomic E-state index is 11.1. The Morgan fingerprint density at radius 1 is 1.62 bits per heavy atom. The first-order valence-electron chi connectivity index (χ1n) is 4.72. The Hall–Kier alpha value is -0.610. The summed E-state index contributed by atoms with van der Waals surface area (Å²) in [5, 5.41) is 2.78. The molecule has 0 aromatic heterocycles. The van der Waals surface area contributed by atoms with Crippen molar-refractivity contribution < 1.29 is 9.53 Å². The molecule has 0 saturated heterocycles. The summed E-state index contributed by atoms with van der Waals surface area (Å²) in [6.45, 7) is 3.33. The molecule has 1 unspecified atom stereocenters. The van der Waals surface area contributed by atoms with Gasteiger partial charge in [0.1, 0.15) is 0 Å². The summed E-state index contributed by atoms with van der Waals surface area (Å²) >= 11 is 0. The van der Waals surface area contributed by atoms with E-state index in [1.807, 2.05) is 6.92 Å². The number of hydrogen-bond donors (Lipinski definition) is 2. The topological polar surface area (TPSA) is 64.4 Å². The molecule has 78 valence electrons. The quantitative estimate of drug-likeness (QED) is 0.563. The molecular weight excluding hydrogens is 168 g/mol. The Bertz CT molecular complexity index is 140. The first kappa shape index (κ1) is 12.4. The molecule has 0 aliphatic carbocycles. The number of nitrogens with two attached hydrogens (primary N) is 1. The summed E-state index contributed by atoms with van der Waals surface area (Å²) in [7, 11) is 1.65. The maximum Gasteiger partial charge on any atom is 0.221 e. The maximum atomic E-state index is 11.1. The average Bonchev–Trinajstić information content (AvgIpc) is 2.12. The van der Waals surface area contributed by atoms with Crippen LogP contribution in [0.15, 0.2) is 0 Å². The van der Waals surface area contributed by atoms with Crippen LogP contribution in [0.4, 0.5) is 0 Å². The van der Waals surface area contributed by atoms with Gasteiger partial charge >= 0.3 is 0 Å². The summed E-state index contributed by atoms with van der Waals surface area (Å²) in [6, 6.07) is -0.0116. The van der Waals surface area contributed by atoms with Gasteiger partial charge in [0.05, 0.1) is 0 Å². The van der Waals surface area contributed by atoms with Crippen LogP contribution in [0.2, 0.25) is 0 Å². The van der Waals surface area contributed by atoms with Gasteiger partial charge in [-0.05, 0) is 12.8 Å². The molecule has 0 aromatic carbocycles. The van der Waals surface area contributed by atoms with Crippen molar-refractivity contribution in [2.75, 3.05) is 20.3 Å². The first-order valence-corrected chi connectivity index (χ1v) is 4.72. The molecule has 1 amide bonds. The molecule has 0 aliphatic rings. The van der Waals surface area contributed by atoms with Gasteiger partial charge < -0.3 is 15.8 Å². The molecule has 0 bridgehead atoms. The molecule has 0 aliphatic heterocycles. The van der Waals surface area contributed by atoms with E-state index in [2.05, 4.69) is 5.32 Å². The highest BCUT2D eigenvalue weighted by Crippen LogP contribution is 1.92. The highest BCUT2D eigenvalue weighted by molar-refractivity contribution is 5.76. The summed E-state index contributed by atoms with van der Waals surface area (Å²) in [4.78, 5) is 11.1. The fourth-order valence-electron chi connectivity index (χ4n) is 0.899. The lowest BCUT2D eigenvalue weighted by Crippen LogP contribution is -2.32. The fraction of sp³-hybridized carbons (Fsp3) is 0.889. The van der Waals surface area contributed by atoms with Crippen molar-refractivity contribution in [3.8, 4) is 0 Å². The minimum atomic E-state index is -0.0116. The molecule has 0 rings (SSSR count). The Morgan fingerprint density at radius 3 is 2.85 bits per heavy atom. The minimum Gasteiger partial charge on any atom is -0.385 e. The zero-order valence-corrected chi connectivity index (χ0v) is 8.51. The number of rotatable bonds is 7. The molecule has 1 atom stereocenters. The van der Waals surface area contributed by atoms with E-state index in [0.717, 1.165) is 12.8 Å². The van der Waals surface area contributed by atoms with Crippen molar-refractivity contribution in [1.82, 2.24) is 5.32 Å². The number of amides is 1. The smallest absolute Gasteiger partial charge is 0.221 e. The van der Waals surface area contributed by atoms with Crippen LogP contribution in [0.25, 0.3) is 0 Å². The minimum absolute atomic E-state index is 0.0116. The third-order valence-electron chi connectivity index (χ3n) is 1.82. The van der Waals surface area contributed by atoms with Gasteiger partial charge in [0.25, 0.3) is 0 Å². The number of carbonyl (C=O) groups is 1. The third-order valence-corrected chi connectivity index (χ3v) is 1.82. The van der Waals surface area contributed by atoms with Gasteiger partial charge in [0.15, 0.2) is 0 Å². The molecule has 0 spiro atoms. The second-order valence-electron chi connectivity index (χ2n) is 3.07. The Morgan fingerprint density at radius 2 is 2.31 bits per heavy atom. The van der Waals surface area contributed by atoms with E-state index in [0.29, 0.717) is 19.6 Å². The zero-order chi connectivity index (χ0) is 10.1. The number of methoxy groups -OCH3 is 1. The van der Waals surface area contributed by atoms with Crippen LogP contribution < -0.4 is 11.1 Å². The van der Waals surface area contributed by atoms with Crippen LogP contribution in [0.3, 0.4) is 0 Å². The van der Waals surface area contributed by atoms with Gasteiger partial charge in [0, 0.05) is 32.7 Å². The number of hydrogen-bond acceptors (Lipinski definition) is 3. The summed E-state index contributed by atoms with van der Waals surface area (Å²) in [6.07, 6.45) is 2.11. The monoisotopic (exact) mass is 188 g/mol. The zero-order valence-electron chi connectivity index (χ0n) is 8.51. The van der Waals surface area contributed by atoms with E-state index < -0.39 is 0 Å². The predicted molar refractivity (Wildman–Crippen MR) is 52.4 cm³/mol. The second-order valence-corrected chi connectivity index (χ2v) is 3.07. The van der Waals surface area contributed by atoms with Gasteiger partial charge in [-0.3, -0.25) is 4.79 Å². The molecule has 0 saturated carbocycles. The SMILES string of the molecule is CCC(N)CC(=O)NCCCOC. The van der Waals surface area contributed by atoms with E-state index in [1.165, 1.54) is 0 Å². The van der Waals surface area contributed by atoms with Gasteiger partial charge in [-0.1, -0.05) is 6.92 Å². The predicted octanol–water partition coefficient (Wildman–Crippen LogP) is 0.267. The highest BCUT2D eigenvalue weighted by atomic mass is 16.5. The summed E-state index contributed by atoms with van der Waals surface area (Å²) in [5.74, 6) is 0.0328. The van der Waals surface area contributed by atoms with Crippen molar-refractivity contribution in [3.63, 3.8) is 0 Å². The van der Waals surface area contributed by atoms with E-state index in [4.69, 9.17) is 10.5 Å². The molecule has 4 heteroatoms. The van der Waals surface area contributed by atoms with E-state index >= 15 is 0 Å². The average molecular weight is 188 g/mol. The van der Waals surface area contributed by atoms with E-state index in [1.54, 1.807) is 7.11 Å². The largest absolute Gasteiger partial charge is 0.385 e.